The van der Waals surface area contributed by atoms with Crippen molar-refractivity contribution in [2.24, 2.45) is 0 Å². The summed E-state index contributed by atoms with van der Waals surface area (Å²) in [5.74, 6) is 0.582. The van der Waals surface area contributed by atoms with Crippen molar-refractivity contribution in [3.8, 4) is 0 Å². The highest BCUT2D eigenvalue weighted by Gasteiger charge is 2.07. The molecule has 0 amide bonds. The average molecular weight is 261 g/mol. The zero-order chi connectivity index (χ0) is 13.8. The van der Waals surface area contributed by atoms with Crippen molar-refractivity contribution < 1.29 is 0 Å². The molecule has 2 rings (SSSR count). The summed E-state index contributed by atoms with van der Waals surface area (Å²) in [6, 6.07) is 5.16. The zero-order valence-corrected chi connectivity index (χ0v) is 11.2. The van der Waals surface area contributed by atoms with E-state index in [0.717, 1.165) is 19.5 Å². The number of aromatic nitrogens is 2. The number of nitrogens with one attached hydrogen (secondary N) is 2. The molecule has 6 nitrogen and oxygen atoms in total. The van der Waals surface area contributed by atoms with Gasteiger partial charge in [0.25, 0.3) is 5.56 Å². The van der Waals surface area contributed by atoms with Crippen LogP contribution in [0.5, 0.6) is 0 Å². The van der Waals surface area contributed by atoms with Gasteiger partial charge < -0.3 is 16.0 Å². The summed E-state index contributed by atoms with van der Waals surface area (Å²) >= 11 is 0. The minimum atomic E-state index is -0.159. The Labute approximate surface area is 111 Å². The van der Waals surface area contributed by atoms with Crippen molar-refractivity contribution in [2.75, 3.05) is 37.8 Å². The highest BCUT2D eigenvalue weighted by Crippen LogP contribution is 2.14. The Bertz CT molecular complexity index is 622. The lowest BCUT2D eigenvalue weighted by atomic mass is 10.2. The number of hydrogen-bond donors (Lipinski definition) is 3. The molecule has 0 spiro atoms. The Morgan fingerprint density at radius 2 is 2.26 bits per heavy atom. The molecule has 0 radical (unpaired) electrons. The molecule has 0 fully saturated rings. The van der Waals surface area contributed by atoms with Crippen LogP contribution in [0.25, 0.3) is 10.9 Å². The molecule has 2 aromatic rings. The fraction of sp³-hybridized carbons (Fsp3) is 0.385. The van der Waals surface area contributed by atoms with Gasteiger partial charge in [0, 0.05) is 19.3 Å². The molecule has 19 heavy (non-hydrogen) atoms. The Morgan fingerprint density at radius 1 is 1.47 bits per heavy atom. The molecular formula is C13H19N5O. The molecule has 0 aliphatic heterocycles. The highest BCUT2D eigenvalue weighted by molar-refractivity contribution is 5.81. The monoisotopic (exact) mass is 261 g/mol. The number of benzene rings is 1. The molecule has 0 aliphatic rings. The summed E-state index contributed by atoms with van der Waals surface area (Å²) in [5.41, 5.74) is 6.74. The summed E-state index contributed by atoms with van der Waals surface area (Å²) < 4.78 is 0. The van der Waals surface area contributed by atoms with E-state index in [1.807, 2.05) is 19.0 Å². The van der Waals surface area contributed by atoms with Gasteiger partial charge in [-0.1, -0.05) is 0 Å². The van der Waals surface area contributed by atoms with Gasteiger partial charge in [-0.25, -0.2) is 4.98 Å². The number of nitrogen functional groups attached to an aromatic ring is 1. The van der Waals surface area contributed by atoms with Gasteiger partial charge in [0.1, 0.15) is 0 Å². The van der Waals surface area contributed by atoms with E-state index >= 15 is 0 Å². The molecule has 1 aromatic carbocycles. The van der Waals surface area contributed by atoms with Crippen LogP contribution in [0, 0.1) is 0 Å². The van der Waals surface area contributed by atoms with E-state index < -0.39 is 0 Å². The van der Waals surface area contributed by atoms with Crippen LogP contribution in [0.2, 0.25) is 0 Å². The van der Waals surface area contributed by atoms with Gasteiger partial charge in [-0.15, -0.1) is 0 Å². The molecule has 4 N–H and O–H groups in total. The number of nitrogens with zero attached hydrogens (tertiary/aromatic N) is 2. The number of fused-ring (bicyclic) bond motifs is 1. The zero-order valence-electron chi connectivity index (χ0n) is 11.2. The molecule has 0 saturated carbocycles. The van der Waals surface area contributed by atoms with E-state index in [2.05, 4.69) is 15.3 Å². The number of anilines is 2. The standard InChI is InChI=1S/C13H19N5O/c1-15-6-3-7-18(2)13-16-11-5-4-9(14)8-10(11)12(19)17-13/h4-5,8,15H,3,6-7,14H2,1-2H3,(H,16,17,19). The third kappa shape index (κ3) is 3.03. The number of nitrogens with two attached hydrogens (primary N) is 1. The molecular weight excluding hydrogens is 242 g/mol. The SMILES string of the molecule is CNCCCN(C)c1nc2ccc(N)cc2c(=O)[nH]1. The van der Waals surface area contributed by atoms with E-state index in [1.165, 1.54) is 0 Å². The van der Waals surface area contributed by atoms with Gasteiger partial charge in [-0.05, 0) is 38.2 Å². The molecule has 1 aromatic heterocycles. The molecule has 0 unspecified atom stereocenters. The molecule has 0 saturated heterocycles. The molecule has 0 atom stereocenters. The van der Waals surface area contributed by atoms with Gasteiger partial charge in [0.2, 0.25) is 5.95 Å². The molecule has 102 valence electrons. The average Bonchev–Trinajstić information content (AvgIpc) is 2.39. The first-order chi connectivity index (χ1) is 9.11. The van der Waals surface area contributed by atoms with Crippen LogP contribution in [0.4, 0.5) is 11.6 Å². The lowest BCUT2D eigenvalue weighted by Gasteiger charge is -2.17. The number of hydrogen-bond acceptors (Lipinski definition) is 5. The van der Waals surface area contributed by atoms with Gasteiger partial charge in [0.15, 0.2) is 0 Å². The summed E-state index contributed by atoms with van der Waals surface area (Å²) in [6.45, 7) is 1.75. The predicted octanol–water partition coefficient (Wildman–Crippen LogP) is 0.551. The quantitative estimate of drug-likeness (QED) is 0.540. The summed E-state index contributed by atoms with van der Waals surface area (Å²) in [6.07, 6.45) is 0.983. The predicted molar refractivity (Wildman–Crippen MR) is 78.6 cm³/mol. The second-order valence-corrected chi connectivity index (χ2v) is 4.54. The second kappa shape index (κ2) is 5.71. The van der Waals surface area contributed by atoms with Crippen molar-refractivity contribution in [3.05, 3.63) is 28.6 Å². The third-order valence-electron chi connectivity index (χ3n) is 3.00. The van der Waals surface area contributed by atoms with E-state index in [9.17, 15) is 4.79 Å². The molecule has 1 heterocycles. The van der Waals surface area contributed by atoms with Crippen LogP contribution in [0.3, 0.4) is 0 Å². The molecule has 6 heteroatoms. The second-order valence-electron chi connectivity index (χ2n) is 4.54. The highest BCUT2D eigenvalue weighted by atomic mass is 16.1. The summed E-state index contributed by atoms with van der Waals surface area (Å²) in [7, 11) is 3.83. The maximum absolute atomic E-state index is 12.0. The van der Waals surface area contributed by atoms with Crippen molar-refractivity contribution in [1.29, 1.82) is 0 Å². The first-order valence-corrected chi connectivity index (χ1v) is 6.27. The Balaban J connectivity index is 2.30. The van der Waals surface area contributed by atoms with Crippen molar-refractivity contribution >= 4 is 22.5 Å². The lowest BCUT2D eigenvalue weighted by molar-refractivity contribution is 0.704. The van der Waals surface area contributed by atoms with Gasteiger partial charge in [-0.3, -0.25) is 9.78 Å². The van der Waals surface area contributed by atoms with Crippen molar-refractivity contribution in [3.63, 3.8) is 0 Å². The first kappa shape index (κ1) is 13.4. The van der Waals surface area contributed by atoms with Crippen molar-refractivity contribution in [2.45, 2.75) is 6.42 Å². The van der Waals surface area contributed by atoms with E-state index in [4.69, 9.17) is 5.73 Å². The van der Waals surface area contributed by atoms with Gasteiger partial charge in [0.05, 0.1) is 10.9 Å². The Kier molecular flexibility index (Phi) is 4.01. The van der Waals surface area contributed by atoms with Crippen LogP contribution in [-0.4, -0.2) is 37.2 Å². The summed E-state index contributed by atoms with van der Waals surface area (Å²) in [4.78, 5) is 21.2. The smallest absolute Gasteiger partial charge is 0.260 e. The first-order valence-electron chi connectivity index (χ1n) is 6.27. The van der Waals surface area contributed by atoms with E-state index in [-0.39, 0.29) is 5.56 Å². The lowest BCUT2D eigenvalue weighted by Crippen LogP contribution is -2.26. The number of aromatic amines is 1. The molecule has 0 aliphatic carbocycles. The Morgan fingerprint density at radius 3 is 3.00 bits per heavy atom. The van der Waals surface area contributed by atoms with Crippen LogP contribution < -0.4 is 21.5 Å². The van der Waals surface area contributed by atoms with Gasteiger partial charge in [-0.2, -0.15) is 0 Å². The van der Waals surface area contributed by atoms with E-state index in [1.54, 1.807) is 18.2 Å². The molecule has 0 bridgehead atoms. The van der Waals surface area contributed by atoms with Gasteiger partial charge >= 0.3 is 0 Å². The minimum absolute atomic E-state index is 0.159. The van der Waals surface area contributed by atoms with Crippen LogP contribution in [0.15, 0.2) is 23.0 Å². The van der Waals surface area contributed by atoms with Crippen LogP contribution in [-0.2, 0) is 0 Å². The largest absolute Gasteiger partial charge is 0.399 e. The normalized spacial score (nSPS) is 10.8. The fourth-order valence-electron chi connectivity index (χ4n) is 1.92. The maximum Gasteiger partial charge on any atom is 0.260 e. The fourth-order valence-corrected chi connectivity index (χ4v) is 1.92. The number of rotatable bonds is 5. The minimum Gasteiger partial charge on any atom is -0.399 e. The van der Waals surface area contributed by atoms with Crippen LogP contribution in [0.1, 0.15) is 6.42 Å². The Hall–Kier alpha value is -2.08. The topological polar surface area (TPSA) is 87.0 Å². The van der Waals surface area contributed by atoms with Crippen LogP contribution >= 0.6 is 0 Å². The number of H-pyrrole nitrogens is 1. The van der Waals surface area contributed by atoms with E-state index in [0.29, 0.717) is 22.5 Å². The third-order valence-corrected chi connectivity index (χ3v) is 3.00. The summed E-state index contributed by atoms with van der Waals surface area (Å²) in [5, 5.41) is 3.61. The van der Waals surface area contributed by atoms with Crippen molar-refractivity contribution in [1.82, 2.24) is 15.3 Å². The maximum atomic E-state index is 12.0.